The Kier molecular flexibility index (Phi) is 6.79. The minimum atomic E-state index is 0.593. The number of rotatable bonds is 5. The maximum atomic E-state index is 6.80. The first-order chi connectivity index (χ1) is 26.8. The van der Waals surface area contributed by atoms with E-state index in [2.05, 4.69) is 126 Å². The van der Waals surface area contributed by atoms with Gasteiger partial charge in [0.25, 0.3) is 0 Å². The summed E-state index contributed by atoms with van der Waals surface area (Å²) in [5.74, 6) is 1.83. The van der Waals surface area contributed by atoms with Gasteiger partial charge in [-0.1, -0.05) is 146 Å². The number of benzene rings is 8. The van der Waals surface area contributed by atoms with Gasteiger partial charge in [0, 0.05) is 49.3 Å². The maximum absolute atomic E-state index is 6.80. The highest BCUT2D eigenvalue weighted by molar-refractivity contribution is 6.21. The van der Waals surface area contributed by atoms with Gasteiger partial charge in [-0.3, -0.25) is 0 Å². The summed E-state index contributed by atoms with van der Waals surface area (Å²) in [6.07, 6.45) is 0. The van der Waals surface area contributed by atoms with E-state index in [1.807, 2.05) is 60.7 Å². The number of hydrogen-bond acceptors (Lipinski definition) is 4. The lowest BCUT2D eigenvalue weighted by atomic mass is 9.99. The highest BCUT2D eigenvalue weighted by Crippen LogP contribution is 2.43. The molecule has 8 aromatic carbocycles. The SMILES string of the molecule is c1ccc(-c2ccc3c4ccccc4n(-c4ccc5oc6c7ccccc7cc(-c7nc(-c8ccccc8)nc(-c8ccccc8)n7)c6c5c4)c3c2)cc1. The predicted molar refractivity (Wildman–Crippen MR) is 221 cm³/mol. The van der Waals surface area contributed by atoms with Gasteiger partial charge in [0.15, 0.2) is 17.5 Å². The Morgan fingerprint density at radius 2 is 0.981 bits per heavy atom. The van der Waals surface area contributed by atoms with Crippen molar-refractivity contribution < 1.29 is 4.42 Å². The third kappa shape index (κ3) is 4.83. The zero-order valence-electron chi connectivity index (χ0n) is 29.0. The van der Waals surface area contributed by atoms with Crippen molar-refractivity contribution in [1.82, 2.24) is 19.5 Å². The molecule has 0 saturated heterocycles. The first-order valence-electron chi connectivity index (χ1n) is 18.1. The van der Waals surface area contributed by atoms with Crippen molar-refractivity contribution in [3.8, 4) is 51.0 Å². The van der Waals surface area contributed by atoms with E-state index in [-0.39, 0.29) is 0 Å². The van der Waals surface area contributed by atoms with E-state index >= 15 is 0 Å². The van der Waals surface area contributed by atoms with Crippen molar-refractivity contribution in [2.75, 3.05) is 0 Å². The van der Waals surface area contributed by atoms with Crippen LogP contribution in [-0.2, 0) is 0 Å². The zero-order valence-corrected chi connectivity index (χ0v) is 29.0. The largest absolute Gasteiger partial charge is 0.455 e. The van der Waals surface area contributed by atoms with Crippen LogP contribution >= 0.6 is 0 Å². The fraction of sp³-hybridized carbons (Fsp3) is 0. The van der Waals surface area contributed by atoms with Crippen LogP contribution < -0.4 is 0 Å². The average molecular weight is 691 g/mol. The van der Waals surface area contributed by atoms with Gasteiger partial charge in [0.2, 0.25) is 0 Å². The molecule has 11 aromatic rings. The number of fused-ring (bicyclic) bond motifs is 8. The predicted octanol–water partition coefficient (Wildman–Crippen LogP) is 12.7. The van der Waals surface area contributed by atoms with E-state index in [4.69, 9.17) is 19.4 Å². The van der Waals surface area contributed by atoms with Gasteiger partial charge in [-0.05, 0) is 52.9 Å². The minimum absolute atomic E-state index is 0.593. The van der Waals surface area contributed by atoms with Crippen LogP contribution in [0.25, 0.3) is 105 Å². The van der Waals surface area contributed by atoms with Crippen LogP contribution in [-0.4, -0.2) is 19.5 Å². The summed E-state index contributed by atoms with van der Waals surface area (Å²) in [5, 5.41) is 6.48. The van der Waals surface area contributed by atoms with Crippen molar-refractivity contribution in [3.05, 3.63) is 182 Å². The molecule has 54 heavy (non-hydrogen) atoms. The van der Waals surface area contributed by atoms with Gasteiger partial charge in [0.05, 0.1) is 11.0 Å². The monoisotopic (exact) mass is 690 g/mol. The number of para-hydroxylation sites is 1. The number of aromatic nitrogens is 4. The highest BCUT2D eigenvalue weighted by atomic mass is 16.3. The number of hydrogen-bond donors (Lipinski definition) is 0. The molecule has 5 nitrogen and oxygen atoms in total. The average Bonchev–Trinajstić information content (AvgIpc) is 3.80. The molecule has 5 heteroatoms. The van der Waals surface area contributed by atoms with Crippen molar-refractivity contribution in [3.63, 3.8) is 0 Å². The summed E-state index contributed by atoms with van der Waals surface area (Å²) < 4.78 is 9.18. The first kappa shape index (κ1) is 30.3. The van der Waals surface area contributed by atoms with Crippen LogP contribution in [0.5, 0.6) is 0 Å². The lowest BCUT2D eigenvalue weighted by Gasteiger charge is -2.11. The van der Waals surface area contributed by atoms with Gasteiger partial charge in [-0.2, -0.15) is 0 Å². The Bertz CT molecular complexity index is 3140. The first-order valence-corrected chi connectivity index (χ1v) is 18.1. The van der Waals surface area contributed by atoms with E-state index in [1.165, 1.54) is 21.9 Å². The van der Waals surface area contributed by atoms with Crippen molar-refractivity contribution in [2.24, 2.45) is 0 Å². The van der Waals surface area contributed by atoms with E-state index in [9.17, 15) is 0 Å². The molecule has 11 rings (SSSR count). The lowest BCUT2D eigenvalue weighted by molar-refractivity contribution is 0.672. The topological polar surface area (TPSA) is 56.7 Å². The maximum Gasteiger partial charge on any atom is 0.164 e. The third-order valence-electron chi connectivity index (χ3n) is 10.4. The molecule has 0 saturated carbocycles. The quantitative estimate of drug-likeness (QED) is 0.180. The molecule has 0 aliphatic heterocycles. The Hall–Kier alpha value is -7.37. The van der Waals surface area contributed by atoms with E-state index in [1.54, 1.807) is 0 Å². The second kappa shape index (κ2) is 12.1. The molecule has 252 valence electrons. The molecular weight excluding hydrogens is 661 g/mol. The molecule has 0 N–H and O–H groups in total. The normalized spacial score (nSPS) is 11.7. The standard InChI is InChI=1S/C49H30N4O/c1-4-14-31(15-5-1)34-24-26-39-38-22-12-13-23-42(38)53(43(39)29-34)36-25-27-44-40(30-36)45-41(28-35-20-10-11-21-37(35)46(45)54-44)49-51-47(32-16-6-2-7-17-32)50-48(52-49)33-18-8-3-9-19-33/h1-30H. The van der Waals surface area contributed by atoms with Gasteiger partial charge < -0.3 is 8.98 Å². The third-order valence-corrected chi connectivity index (χ3v) is 10.4. The van der Waals surface area contributed by atoms with Gasteiger partial charge in [-0.15, -0.1) is 0 Å². The van der Waals surface area contributed by atoms with Gasteiger partial charge >= 0.3 is 0 Å². The Labute approximate surface area is 310 Å². The molecule has 0 radical (unpaired) electrons. The summed E-state index contributed by atoms with van der Waals surface area (Å²) in [6, 6.07) is 63.3. The van der Waals surface area contributed by atoms with Crippen LogP contribution in [0.4, 0.5) is 0 Å². The smallest absolute Gasteiger partial charge is 0.164 e. The Balaban J connectivity index is 1.21. The molecule has 0 amide bonds. The van der Waals surface area contributed by atoms with Crippen LogP contribution in [0.15, 0.2) is 186 Å². The molecule has 0 aliphatic rings. The van der Waals surface area contributed by atoms with Gasteiger partial charge in [0.1, 0.15) is 11.2 Å². The second-order valence-electron chi connectivity index (χ2n) is 13.6. The molecule has 0 atom stereocenters. The number of nitrogens with zero attached hydrogens (tertiary/aromatic N) is 4. The summed E-state index contributed by atoms with van der Waals surface area (Å²) in [6.45, 7) is 0. The fourth-order valence-corrected chi connectivity index (χ4v) is 7.90. The molecule has 0 fully saturated rings. The lowest BCUT2D eigenvalue weighted by Crippen LogP contribution is -2.00. The van der Waals surface area contributed by atoms with Crippen molar-refractivity contribution in [1.29, 1.82) is 0 Å². The van der Waals surface area contributed by atoms with Crippen LogP contribution in [0.2, 0.25) is 0 Å². The molecule has 0 unspecified atom stereocenters. The van der Waals surface area contributed by atoms with E-state index < -0.39 is 0 Å². The Morgan fingerprint density at radius 3 is 1.70 bits per heavy atom. The molecule has 0 bridgehead atoms. The summed E-state index contributed by atoms with van der Waals surface area (Å²) in [4.78, 5) is 15.3. The van der Waals surface area contributed by atoms with E-state index in [0.717, 1.165) is 66.1 Å². The highest BCUT2D eigenvalue weighted by Gasteiger charge is 2.22. The van der Waals surface area contributed by atoms with Gasteiger partial charge in [-0.25, -0.2) is 15.0 Å². The molecule has 3 aromatic heterocycles. The summed E-state index contributed by atoms with van der Waals surface area (Å²) in [7, 11) is 0. The van der Waals surface area contributed by atoms with Crippen LogP contribution in [0, 0.1) is 0 Å². The molecular formula is C49H30N4O. The van der Waals surface area contributed by atoms with Crippen LogP contribution in [0.1, 0.15) is 0 Å². The second-order valence-corrected chi connectivity index (χ2v) is 13.6. The fourth-order valence-electron chi connectivity index (χ4n) is 7.90. The number of furan rings is 1. The van der Waals surface area contributed by atoms with Crippen LogP contribution in [0.3, 0.4) is 0 Å². The molecule has 0 aliphatic carbocycles. The van der Waals surface area contributed by atoms with Crippen molar-refractivity contribution in [2.45, 2.75) is 0 Å². The molecule has 3 heterocycles. The summed E-state index contributed by atoms with van der Waals surface area (Å²) in [5.41, 5.74) is 10.1. The molecule has 0 spiro atoms. The van der Waals surface area contributed by atoms with E-state index in [0.29, 0.717) is 17.5 Å². The van der Waals surface area contributed by atoms with Crippen molar-refractivity contribution >= 4 is 54.5 Å². The zero-order chi connectivity index (χ0) is 35.6. The Morgan fingerprint density at radius 1 is 0.389 bits per heavy atom. The summed E-state index contributed by atoms with van der Waals surface area (Å²) >= 11 is 0. The minimum Gasteiger partial charge on any atom is -0.455 e.